The number of nitrogens with zero attached hydrogens (tertiary/aromatic N) is 1. The van der Waals surface area contributed by atoms with Crippen LogP contribution in [0, 0.1) is 6.92 Å². The van der Waals surface area contributed by atoms with Gasteiger partial charge < -0.3 is 5.11 Å². The summed E-state index contributed by atoms with van der Waals surface area (Å²) in [6.07, 6.45) is 1.66. The molecule has 0 saturated carbocycles. The molecule has 3 aromatic carbocycles. The summed E-state index contributed by atoms with van der Waals surface area (Å²) < 4.78 is 28.9. The lowest BCUT2D eigenvalue weighted by Gasteiger charge is -2.20. The molecule has 176 valence electrons. The van der Waals surface area contributed by atoms with E-state index in [2.05, 4.69) is 21.2 Å². The Labute approximate surface area is 207 Å². The van der Waals surface area contributed by atoms with Crippen LogP contribution in [-0.4, -0.2) is 29.5 Å². The predicted molar refractivity (Wildman–Crippen MR) is 137 cm³/mol. The van der Waals surface area contributed by atoms with Gasteiger partial charge in [0.1, 0.15) is 6.04 Å². The standard InChI is InChI=1S/C26H25BrN2O4S/c1-17-8-11-22(12-9-17)34(32,33)29-16-20(23-15-21(27)10-13-25(23)29)14-24(26(30)31)28-18(2)19-6-4-3-5-7-19/h3-13,15-16,18,24,28H,14H2,1-2H3,(H,30,31)/t18-,24+/m1/s1. The molecule has 2 N–H and O–H groups in total. The van der Waals surface area contributed by atoms with Crippen LogP contribution in [-0.2, 0) is 21.2 Å². The smallest absolute Gasteiger partial charge is 0.321 e. The molecule has 0 aliphatic carbocycles. The van der Waals surface area contributed by atoms with E-state index in [0.29, 0.717) is 16.5 Å². The summed E-state index contributed by atoms with van der Waals surface area (Å²) >= 11 is 3.45. The van der Waals surface area contributed by atoms with Gasteiger partial charge in [-0.1, -0.05) is 64.0 Å². The molecule has 1 heterocycles. The van der Waals surface area contributed by atoms with Gasteiger partial charge in [-0.15, -0.1) is 0 Å². The molecule has 6 nitrogen and oxygen atoms in total. The number of aliphatic carboxylic acids is 1. The molecular weight excluding hydrogens is 516 g/mol. The molecule has 34 heavy (non-hydrogen) atoms. The number of nitrogens with one attached hydrogen (secondary N) is 1. The fourth-order valence-electron chi connectivity index (χ4n) is 4.00. The number of aryl methyl sites for hydroxylation is 1. The number of hydrogen-bond donors (Lipinski definition) is 2. The number of rotatable bonds is 8. The van der Waals surface area contributed by atoms with E-state index >= 15 is 0 Å². The van der Waals surface area contributed by atoms with E-state index in [1.165, 1.54) is 10.2 Å². The Morgan fingerprint density at radius 2 is 1.74 bits per heavy atom. The van der Waals surface area contributed by atoms with E-state index < -0.39 is 22.0 Å². The number of hydrogen-bond acceptors (Lipinski definition) is 4. The second kappa shape index (κ2) is 9.74. The number of halogens is 1. The summed E-state index contributed by atoms with van der Waals surface area (Å²) in [5, 5.41) is 13.8. The lowest BCUT2D eigenvalue weighted by molar-refractivity contribution is -0.139. The van der Waals surface area contributed by atoms with Gasteiger partial charge in [0.15, 0.2) is 0 Å². The minimum absolute atomic E-state index is 0.121. The quantitative estimate of drug-likeness (QED) is 0.316. The number of benzene rings is 3. The number of carboxylic acid groups (broad SMARTS) is 1. The van der Waals surface area contributed by atoms with Crippen molar-refractivity contribution in [1.82, 2.24) is 9.29 Å². The number of fused-ring (bicyclic) bond motifs is 1. The SMILES string of the molecule is Cc1ccc(S(=O)(=O)n2cc(C[C@H](N[C@H](C)c3ccccc3)C(=O)O)c3cc(Br)ccc32)cc1. The fourth-order valence-corrected chi connectivity index (χ4v) is 5.75. The molecule has 0 saturated heterocycles. The Bertz CT molecular complexity index is 1430. The summed E-state index contributed by atoms with van der Waals surface area (Å²) in [5.74, 6) is -1.000. The molecule has 0 aliphatic heterocycles. The molecule has 0 fully saturated rings. The Balaban J connectivity index is 1.74. The van der Waals surface area contributed by atoms with Crippen molar-refractivity contribution in [2.75, 3.05) is 0 Å². The first kappa shape index (κ1) is 24.2. The maximum Gasteiger partial charge on any atom is 0.321 e. The molecule has 0 amide bonds. The van der Waals surface area contributed by atoms with E-state index in [0.717, 1.165) is 15.6 Å². The first-order chi connectivity index (χ1) is 16.2. The Kier molecular flexibility index (Phi) is 6.93. The molecule has 2 atom stereocenters. The average Bonchev–Trinajstić information content (AvgIpc) is 3.17. The van der Waals surface area contributed by atoms with Gasteiger partial charge in [-0.25, -0.2) is 12.4 Å². The normalized spacial score (nSPS) is 13.6. The van der Waals surface area contributed by atoms with E-state index in [1.54, 1.807) is 36.4 Å². The Morgan fingerprint density at radius 3 is 2.38 bits per heavy atom. The van der Waals surface area contributed by atoms with Crippen LogP contribution in [0.15, 0.2) is 88.4 Å². The molecule has 0 spiro atoms. The zero-order valence-electron chi connectivity index (χ0n) is 18.8. The van der Waals surface area contributed by atoms with Gasteiger partial charge in [0.05, 0.1) is 10.4 Å². The molecule has 4 aromatic rings. The second-order valence-corrected chi connectivity index (χ2v) is 11.1. The van der Waals surface area contributed by atoms with E-state index in [1.807, 2.05) is 50.2 Å². The van der Waals surface area contributed by atoms with Crippen molar-refractivity contribution >= 4 is 42.8 Å². The van der Waals surface area contributed by atoms with Gasteiger partial charge in [-0.2, -0.15) is 0 Å². The van der Waals surface area contributed by atoms with Gasteiger partial charge in [0.2, 0.25) is 0 Å². The van der Waals surface area contributed by atoms with Gasteiger partial charge in [0.25, 0.3) is 10.0 Å². The van der Waals surface area contributed by atoms with Crippen molar-refractivity contribution in [2.24, 2.45) is 0 Å². The van der Waals surface area contributed by atoms with Crippen LogP contribution in [0.1, 0.15) is 29.7 Å². The third-order valence-electron chi connectivity index (χ3n) is 5.87. The topological polar surface area (TPSA) is 88.4 Å². The predicted octanol–water partition coefficient (Wildman–Crippen LogP) is 5.30. The Hall–Kier alpha value is -2.94. The maximum atomic E-state index is 13.5. The molecule has 0 bridgehead atoms. The largest absolute Gasteiger partial charge is 0.480 e. The zero-order valence-corrected chi connectivity index (χ0v) is 21.2. The van der Waals surface area contributed by atoms with Crippen LogP contribution >= 0.6 is 15.9 Å². The first-order valence-electron chi connectivity index (χ1n) is 10.8. The monoisotopic (exact) mass is 540 g/mol. The summed E-state index contributed by atoms with van der Waals surface area (Å²) in [4.78, 5) is 12.3. The summed E-state index contributed by atoms with van der Waals surface area (Å²) in [6, 6.07) is 20.5. The van der Waals surface area contributed by atoms with Gasteiger partial charge in [0, 0.05) is 28.5 Å². The lowest BCUT2D eigenvalue weighted by Crippen LogP contribution is -2.40. The number of aromatic nitrogens is 1. The maximum absolute atomic E-state index is 13.5. The zero-order chi connectivity index (χ0) is 24.5. The van der Waals surface area contributed by atoms with Crippen molar-refractivity contribution in [1.29, 1.82) is 0 Å². The van der Waals surface area contributed by atoms with Gasteiger partial charge in [-0.05, 0) is 55.3 Å². The summed E-state index contributed by atoms with van der Waals surface area (Å²) in [6.45, 7) is 3.81. The van der Waals surface area contributed by atoms with Crippen molar-refractivity contribution in [3.8, 4) is 0 Å². The highest BCUT2D eigenvalue weighted by Crippen LogP contribution is 2.30. The van der Waals surface area contributed by atoms with Crippen molar-refractivity contribution in [3.05, 3.63) is 100 Å². The lowest BCUT2D eigenvalue weighted by atomic mass is 10.0. The van der Waals surface area contributed by atoms with E-state index in [-0.39, 0.29) is 17.4 Å². The third-order valence-corrected chi connectivity index (χ3v) is 8.05. The van der Waals surface area contributed by atoms with E-state index in [4.69, 9.17) is 0 Å². The molecule has 1 aromatic heterocycles. The van der Waals surface area contributed by atoms with Gasteiger partial charge in [-0.3, -0.25) is 10.1 Å². The molecular formula is C26H25BrN2O4S. The fraction of sp³-hybridized carbons (Fsp3) is 0.192. The van der Waals surface area contributed by atoms with Crippen molar-refractivity contribution < 1.29 is 18.3 Å². The summed E-state index contributed by atoms with van der Waals surface area (Å²) in [7, 11) is -3.86. The minimum atomic E-state index is -3.86. The Morgan fingerprint density at radius 1 is 1.06 bits per heavy atom. The first-order valence-corrected chi connectivity index (χ1v) is 13.1. The highest BCUT2D eigenvalue weighted by Gasteiger charge is 2.26. The molecule has 4 rings (SSSR count). The van der Waals surface area contributed by atoms with Crippen LogP contribution < -0.4 is 5.32 Å². The van der Waals surface area contributed by atoms with Crippen molar-refractivity contribution in [3.63, 3.8) is 0 Å². The molecule has 0 radical (unpaired) electrons. The third kappa shape index (κ3) is 4.94. The van der Waals surface area contributed by atoms with Crippen LogP contribution in [0.3, 0.4) is 0 Å². The van der Waals surface area contributed by atoms with E-state index in [9.17, 15) is 18.3 Å². The molecule has 8 heteroatoms. The van der Waals surface area contributed by atoms with Gasteiger partial charge >= 0.3 is 5.97 Å². The van der Waals surface area contributed by atoms with Crippen molar-refractivity contribution in [2.45, 2.75) is 37.2 Å². The minimum Gasteiger partial charge on any atom is -0.480 e. The molecule has 0 aliphatic rings. The van der Waals surface area contributed by atoms with Crippen LogP contribution in [0.2, 0.25) is 0 Å². The molecule has 0 unspecified atom stereocenters. The highest BCUT2D eigenvalue weighted by atomic mass is 79.9. The van der Waals surface area contributed by atoms with Crippen LogP contribution in [0.4, 0.5) is 0 Å². The summed E-state index contributed by atoms with van der Waals surface area (Å²) in [5.41, 5.74) is 3.07. The number of carbonyl (C=O) groups is 1. The number of carboxylic acids is 1. The average molecular weight is 541 g/mol. The second-order valence-electron chi connectivity index (χ2n) is 8.32. The van der Waals surface area contributed by atoms with Crippen LogP contribution in [0.5, 0.6) is 0 Å². The highest BCUT2D eigenvalue weighted by molar-refractivity contribution is 9.10. The van der Waals surface area contributed by atoms with Crippen LogP contribution in [0.25, 0.3) is 10.9 Å².